The highest BCUT2D eigenvalue weighted by atomic mass is 16.5. The highest BCUT2D eigenvalue weighted by molar-refractivity contribution is 5.77. The minimum absolute atomic E-state index is 0.0333. The Morgan fingerprint density at radius 3 is 1.87 bits per heavy atom. The first kappa shape index (κ1) is 13.5. The van der Waals surface area contributed by atoms with E-state index in [4.69, 9.17) is 4.74 Å². The molecule has 0 spiro atoms. The van der Waals surface area contributed by atoms with Crippen LogP contribution in [0.1, 0.15) is 19.8 Å². The summed E-state index contributed by atoms with van der Waals surface area (Å²) < 4.78 is 14.0. The molecule has 0 amide bonds. The molecule has 0 heterocycles. The van der Waals surface area contributed by atoms with Gasteiger partial charge in [0.25, 0.3) is 0 Å². The normalized spacial score (nSPS) is 9.00. The number of hydrogen-bond donors (Lipinski definition) is 0. The van der Waals surface area contributed by atoms with E-state index in [1.165, 1.54) is 20.5 Å². The van der Waals surface area contributed by atoms with E-state index in [9.17, 15) is 9.59 Å². The van der Waals surface area contributed by atoms with E-state index in [1.807, 2.05) is 6.92 Å². The van der Waals surface area contributed by atoms with Crippen LogP contribution < -0.4 is 0 Å². The second-order valence-corrected chi connectivity index (χ2v) is 2.74. The maximum absolute atomic E-state index is 11.0. The smallest absolute Gasteiger partial charge is 0.309 e. The van der Waals surface area contributed by atoms with Crippen LogP contribution in [0, 0.1) is 0 Å². The molecule has 0 aliphatic heterocycles. The third-order valence-electron chi connectivity index (χ3n) is 1.61. The molecule has 0 fully saturated rings. The molecule has 0 unspecified atom stereocenters. The van der Waals surface area contributed by atoms with E-state index in [0.29, 0.717) is 12.2 Å². The summed E-state index contributed by atoms with van der Waals surface area (Å²) in [6.07, 6.45) is 1.46. The molecule has 86 valence electrons. The number of methoxy groups -OCH3 is 2. The number of ether oxygens (including phenoxy) is 3. The van der Waals surface area contributed by atoms with E-state index in [1.54, 1.807) is 0 Å². The molecule has 0 radical (unpaired) electrons. The van der Waals surface area contributed by atoms with Gasteiger partial charge in [-0.1, -0.05) is 0 Å². The lowest BCUT2D eigenvalue weighted by Crippen LogP contribution is -2.08. The molecule has 0 saturated heterocycles. The minimum Gasteiger partial charge on any atom is -0.502 e. The summed E-state index contributed by atoms with van der Waals surface area (Å²) in [7, 11) is 2.58. The summed E-state index contributed by atoms with van der Waals surface area (Å²) in [6, 6.07) is 0. The molecule has 0 aromatic carbocycles. The highest BCUT2D eigenvalue weighted by Crippen LogP contribution is 2.09. The van der Waals surface area contributed by atoms with Gasteiger partial charge in [-0.15, -0.1) is 0 Å². The van der Waals surface area contributed by atoms with Gasteiger partial charge in [0.15, 0.2) is 0 Å². The van der Waals surface area contributed by atoms with Crippen LogP contribution in [0.15, 0.2) is 11.8 Å². The van der Waals surface area contributed by atoms with Crippen molar-refractivity contribution in [3.05, 3.63) is 11.8 Å². The topological polar surface area (TPSA) is 61.8 Å². The van der Waals surface area contributed by atoms with Crippen molar-refractivity contribution in [1.29, 1.82) is 0 Å². The summed E-state index contributed by atoms with van der Waals surface area (Å²) in [4.78, 5) is 22.0. The second-order valence-electron chi connectivity index (χ2n) is 2.74. The lowest BCUT2D eigenvalue weighted by molar-refractivity contribution is -0.140. The molecule has 0 aliphatic carbocycles. The fourth-order valence-electron chi connectivity index (χ4n) is 0.862. The van der Waals surface area contributed by atoms with Crippen LogP contribution in [0.5, 0.6) is 0 Å². The maximum Gasteiger partial charge on any atom is 0.309 e. The van der Waals surface area contributed by atoms with Gasteiger partial charge >= 0.3 is 11.9 Å². The van der Waals surface area contributed by atoms with Crippen LogP contribution in [0.25, 0.3) is 0 Å². The minimum atomic E-state index is -0.412. The summed E-state index contributed by atoms with van der Waals surface area (Å²) in [5, 5.41) is 0. The summed E-state index contributed by atoms with van der Waals surface area (Å²) in [6.45, 7) is 2.29. The van der Waals surface area contributed by atoms with Crippen LogP contribution >= 0.6 is 0 Å². The average molecular weight is 216 g/mol. The summed E-state index contributed by atoms with van der Waals surface area (Å²) >= 11 is 0. The monoisotopic (exact) mass is 216 g/mol. The molecule has 5 nitrogen and oxygen atoms in total. The van der Waals surface area contributed by atoms with Crippen LogP contribution in [-0.2, 0) is 23.8 Å². The first-order valence-electron chi connectivity index (χ1n) is 4.57. The molecular weight excluding hydrogens is 200 g/mol. The van der Waals surface area contributed by atoms with Gasteiger partial charge in [0.1, 0.15) is 0 Å². The zero-order chi connectivity index (χ0) is 11.7. The van der Waals surface area contributed by atoms with Crippen molar-refractivity contribution >= 4 is 11.9 Å². The molecule has 5 heteroatoms. The molecule has 0 aromatic heterocycles. The standard InChI is InChI=1S/C10H16O5/c1-4-15-7-8(5-9(11)13-2)6-10(12)14-3/h7H,4-6H2,1-3H3. The molecule has 0 aliphatic rings. The average Bonchev–Trinajstić information content (AvgIpc) is 2.25. The third-order valence-corrected chi connectivity index (χ3v) is 1.61. The molecule has 15 heavy (non-hydrogen) atoms. The van der Waals surface area contributed by atoms with Crippen LogP contribution in [0.2, 0.25) is 0 Å². The van der Waals surface area contributed by atoms with Crippen molar-refractivity contribution in [2.45, 2.75) is 19.8 Å². The zero-order valence-corrected chi connectivity index (χ0v) is 9.24. The third kappa shape index (κ3) is 6.54. The van der Waals surface area contributed by atoms with Gasteiger partial charge in [-0.2, -0.15) is 0 Å². The summed E-state index contributed by atoms with van der Waals surface area (Å²) in [5.41, 5.74) is 0.538. The first-order valence-corrected chi connectivity index (χ1v) is 4.57. The van der Waals surface area contributed by atoms with Crippen molar-refractivity contribution in [2.24, 2.45) is 0 Å². The second kappa shape index (κ2) is 7.84. The van der Waals surface area contributed by atoms with Gasteiger partial charge in [-0.05, 0) is 12.5 Å². The van der Waals surface area contributed by atoms with E-state index >= 15 is 0 Å². The predicted octanol–water partition coefficient (Wildman–Crippen LogP) is 1.03. The number of rotatable bonds is 6. The van der Waals surface area contributed by atoms with Gasteiger partial charge in [0.2, 0.25) is 0 Å². The molecule has 0 aromatic rings. The predicted molar refractivity (Wildman–Crippen MR) is 53.0 cm³/mol. The van der Waals surface area contributed by atoms with E-state index in [0.717, 1.165) is 0 Å². The van der Waals surface area contributed by atoms with E-state index in [2.05, 4.69) is 9.47 Å². The maximum atomic E-state index is 11.0. The zero-order valence-electron chi connectivity index (χ0n) is 9.24. The largest absolute Gasteiger partial charge is 0.502 e. The molecule has 0 atom stereocenters. The van der Waals surface area contributed by atoms with Gasteiger partial charge < -0.3 is 14.2 Å². The quantitative estimate of drug-likeness (QED) is 0.490. The Labute approximate surface area is 89.0 Å². The van der Waals surface area contributed by atoms with Crippen LogP contribution in [-0.4, -0.2) is 32.8 Å². The number of hydrogen-bond acceptors (Lipinski definition) is 5. The Kier molecular flexibility index (Phi) is 7.05. The number of esters is 2. The molecule has 0 rings (SSSR count). The van der Waals surface area contributed by atoms with Crippen molar-refractivity contribution in [3.63, 3.8) is 0 Å². The number of carbonyl (C=O) groups excluding carboxylic acids is 2. The van der Waals surface area contributed by atoms with Gasteiger partial charge in [0.05, 0.1) is 39.9 Å². The highest BCUT2D eigenvalue weighted by Gasteiger charge is 2.11. The lowest BCUT2D eigenvalue weighted by atomic mass is 10.1. The van der Waals surface area contributed by atoms with Crippen molar-refractivity contribution in [3.8, 4) is 0 Å². The van der Waals surface area contributed by atoms with Crippen molar-refractivity contribution in [2.75, 3.05) is 20.8 Å². The fourth-order valence-corrected chi connectivity index (χ4v) is 0.862. The summed E-state index contributed by atoms with van der Waals surface area (Å²) in [5.74, 6) is -0.824. The van der Waals surface area contributed by atoms with Crippen molar-refractivity contribution < 1.29 is 23.8 Å². The lowest BCUT2D eigenvalue weighted by Gasteiger charge is -2.05. The Balaban J connectivity index is 4.30. The Morgan fingerprint density at radius 2 is 1.53 bits per heavy atom. The van der Waals surface area contributed by atoms with Crippen LogP contribution in [0.3, 0.4) is 0 Å². The number of carbonyl (C=O) groups is 2. The van der Waals surface area contributed by atoms with Gasteiger partial charge in [0, 0.05) is 0 Å². The molecular formula is C10H16O5. The Bertz CT molecular complexity index is 224. The fraction of sp³-hybridized carbons (Fsp3) is 0.600. The molecule has 0 saturated carbocycles. The first-order chi connectivity index (χ1) is 7.13. The van der Waals surface area contributed by atoms with Gasteiger partial charge in [-0.3, -0.25) is 9.59 Å². The van der Waals surface area contributed by atoms with Gasteiger partial charge in [-0.25, -0.2) is 0 Å². The Hall–Kier alpha value is -1.52. The molecule has 0 N–H and O–H groups in total. The van der Waals surface area contributed by atoms with Crippen molar-refractivity contribution in [1.82, 2.24) is 0 Å². The molecule has 0 bridgehead atoms. The van der Waals surface area contributed by atoms with E-state index in [-0.39, 0.29) is 12.8 Å². The van der Waals surface area contributed by atoms with E-state index < -0.39 is 11.9 Å². The van der Waals surface area contributed by atoms with Crippen LogP contribution in [0.4, 0.5) is 0 Å². The SMILES string of the molecule is CCOC=C(CC(=O)OC)CC(=O)OC. The Morgan fingerprint density at radius 1 is 1.07 bits per heavy atom.